The highest BCUT2D eigenvalue weighted by Gasteiger charge is 2.36. The van der Waals surface area contributed by atoms with Gasteiger partial charge in [-0.05, 0) is 30.0 Å². The molecule has 1 aromatic heterocycles. The van der Waals surface area contributed by atoms with Crippen molar-refractivity contribution in [2.75, 3.05) is 16.8 Å². The fourth-order valence-electron chi connectivity index (χ4n) is 3.57. The Labute approximate surface area is 186 Å². The normalized spacial score (nSPS) is 14.8. The number of rotatable bonds is 4. The first-order chi connectivity index (χ1) is 15.0. The molecule has 1 aliphatic rings. The molecule has 12 heteroatoms. The standard InChI is InChI=1S/C21H24F6N4O2/c1-12-7-13(30-5-6-31-14(11-30)9-16(29-31)20(22,23)24)8-15(33-21(25,26)27)18(12)28-17(32)10-19(2,3)4/h7-9H,5-6,10-11H2,1-4H3,(H,28,32). The maximum absolute atomic E-state index is 13.1. The number of carbonyl (C=O) groups is 1. The maximum Gasteiger partial charge on any atom is 0.573 e. The van der Waals surface area contributed by atoms with Gasteiger partial charge in [0.2, 0.25) is 5.91 Å². The molecule has 1 N–H and O–H groups in total. The van der Waals surface area contributed by atoms with Gasteiger partial charge in [-0.3, -0.25) is 9.48 Å². The zero-order chi connectivity index (χ0) is 24.8. The summed E-state index contributed by atoms with van der Waals surface area (Å²) in [6, 6.07) is 3.61. The van der Waals surface area contributed by atoms with Gasteiger partial charge < -0.3 is 15.0 Å². The van der Waals surface area contributed by atoms with E-state index in [0.717, 1.165) is 12.1 Å². The van der Waals surface area contributed by atoms with Crippen molar-refractivity contribution >= 4 is 17.3 Å². The third-order valence-electron chi connectivity index (χ3n) is 4.92. The van der Waals surface area contributed by atoms with E-state index >= 15 is 0 Å². The second-order valence-electron chi connectivity index (χ2n) is 9.13. The summed E-state index contributed by atoms with van der Waals surface area (Å²) < 4.78 is 83.6. The molecule has 2 aromatic rings. The van der Waals surface area contributed by atoms with Crippen LogP contribution in [0, 0.1) is 12.3 Å². The van der Waals surface area contributed by atoms with Gasteiger partial charge in [-0.1, -0.05) is 20.8 Å². The van der Waals surface area contributed by atoms with E-state index < -0.39 is 29.9 Å². The molecule has 0 unspecified atom stereocenters. The van der Waals surface area contributed by atoms with Crippen LogP contribution in [0.2, 0.25) is 0 Å². The van der Waals surface area contributed by atoms with Crippen LogP contribution in [0.15, 0.2) is 18.2 Å². The molecule has 0 radical (unpaired) electrons. The van der Waals surface area contributed by atoms with Gasteiger partial charge in [-0.2, -0.15) is 18.3 Å². The average Bonchev–Trinajstić information content (AvgIpc) is 3.05. The Balaban J connectivity index is 1.92. The predicted molar refractivity (Wildman–Crippen MR) is 109 cm³/mol. The first-order valence-electron chi connectivity index (χ1n) is 10.1. The molecule has 2 heterocycles. The van der Waals surface area contributed by atoms with Crippen LogP contribution >= 0.6 is 0 Å². The first kappa shape index (κ1) is 24.7. The topological polar surface area (TPSA) is 59.4 Å². The molecule has 6 nitrogen and oxygen atoms in total. The lowest BCUT2D eigenvalue weighted by Gasteiger charge is -2.31. The van der Waals surface area contributed by atoms with Gasteiger partial charge in [-0.15, -0.1) is 13.2 Å². The number of amides is 1. The summed E-state index contributed by atoms with van der Waals surface area (Å²) >= 11 is 0. The second kappa shape index (κ2) is 8.45. The van der Waals surface area contributed by atoms with Gasteiger partial charge in [-0.25, -0.2) is 0 Å². The highest BCUT2D eigenvalue weighted by molar-refractivity contribution is 5.94. The molecule has 0 atom stereocenters. The number of fused-ring (bicyclic) bond motifs is 1. The number of hydrogen-bond donors (Lipinski definition) is 1. The summed E-state index contributed by atoms with van der Waals surface area (Å²) in [4.78, 5) is 14.0. The number of ether oxygens (including phenoxy) is 1. The van der Waals surface area contributed by atoms with E-state index in [2.05, 4.69) is 15.2 Å². The molecular weight excluding hydrogens is 454 g/mol. The molecule has 1 amide bonds. The number of carbonyl (C=O) groups excluding carboxylic acids is 1. The number of hydrogen-bond acceptors (Lipinski definition) is 4. The Morgan fingerprint density at radius 2 is 1.76 bits per heavy atom. The summed E-state index contributed by atoms with van der Waals surface area (Å²) in [5, 5.41) is 6.06. The van der Waals surface area contributed by atoms with E-state index in [1.54, 1.807) is 11.0 Å². The van der Waals surface area contributed by atoms with E-state index in [1.165, 1.54) is 11.6 Å². The van der Waals surface area contributed by atoms with Crippen molar-refractivity contribution in [1.82, 2.24) is 9.78 Å². The summed E-state index contributed by atoms with van der Waals surface area (Å²) in [5.74, 6) is -1.05. The fraction of sp³-hybridized carbons (Fsp3) is 0.524. The zero-order valence-electron chi connectivity index (χ0n) is 18.5. The van der Waals surface area contributed by atoms with Crippen LogP contribution in [-0.2, 0) is 24.1 Å². The van der Waals surface area contributed by atoms with Crippen molar-refractivity contribution in [2.45, 2.75) is 59.7 Å². The molecule has 3 rings (SSSR count). The minimum atomic E-state index is -5.00. The van der Waals surface area contributed by atoms with Crippen molar-refractivity contribution < 1.29 is 35.9 Å². The molecule has 182 valence electrons. The Hall–Kier alpha value is -2.92. The van der Waals surface area contributed by atoms with Crippen LogP contribution in [0.25, 0.3) is 0 Å². The predicted octanol–water partition coefficient (Wildman–Crippen LogP) is 5.50. The number of benzene rings is 1. The van der Waals surface area contributed by atoms with Gasteiger partial charge in [0, 0.05) is 24.7 Å². The molecular formula is C21H24F6N4O2. The number of nitrogens with zero attached hydrogens (tertiary/aromatic N) is 3. The van der Waals surface area contributed by atoms with E-state index in [0.29, 0.717) is 11.3 Å². The summed E-state index contributed by atoms with van der Waals surface area (Å²) in [7, 11) is 0. The molecule has 1 aliphatic heterocycles. The molecule has 0 fully saturated rings. The summed E-state index contributed by atoms with van der Waals surface area (Å²) in [5.41, 5.74) is -0.576. The van der Waals surface area contributed by atoms with Crippen molar-refractivity contribution in [3.8, 4) is 5.75 Å². The quantitative estimate of drug-likeness (QED) is 0.590. The van der Waals surface area contributed by atoms with Crippen LogP contribution < -0.4 is 15.0 Å². The number of aryl methyl sites for hydroxylation is 1. The first-order valence-corrected chi connectivity index (χ1v) is 10.1. The van der Waals surface area contributed by atoms with Crippen LogP contribution in [-0.4, -0.2) is 28.6 Å². The van der Waals surface area contributed by atoms with E-state index in [9.17, 15) is 31.1 Å². The van der Waals surface area contributed by atoms with Crippen LogP contribution in [0.4, 0.5) is 37.7 Å². The van der Waals surface area contributed by atoms with Gasteiger partial charge in [0.05, 0.1) is 24.5 Å². The van der Waals surface area contributed by atoms with Crippen molar-refractivity contribution in [3.63, 3.8) is 0 Å². The molecule has 0 spiro atoms. The maximum atomic E-state index is 13.1. The Kier molecular flexibility index (Phi) is 6.33. The number of nitrogens with one attached hydrogen (secondary N) is 1. The Morgan fingerprint density at radius 3 is 2.33 bits per heavy atom. The van der Waals surface area contributed by atoms with E-state index in [-0.39, 0.29) is 42.9 Å². The van der Waals surface area contributed by atoms with Gasteiger partial charge in [0.15, 0.2) is 11.4 Å². The molecule has 1 aromatic carbocycles. The smallest absolute Gasteiger partial charge is 0.403 e. The fourth-order valence-corrected chi connectivity index (χ4v) is 3.57. The summed E-state index contributed by atoms with van der Waals surface area (Å²) in [6.07, 6.45) is -9.51. The van der Waals surface area contributed by atoms with E-state index in [1.807, 2.05) is 20.8 Å². The van der Waals surface area contributed by atoms with Crippen molar-refractivity contribution in [3.05, 3.63) is 35.2 Å². The lowest BCUT2D eigenvalue weighted by Crippen LogP contribution is -2.34. The van der Waals surface area contributed by atoms with Crippen LogP contribution in [0.1, 0.15) is 44.1 Å². The van der Waals surface area contributed by atoms with Crippen molar-refractivity contribution in [2.24, 2.45) is 5.41 Å². The van der Waals surface area contributed by atoms with Crippen LogP contribution in [0.3, 0.4) is 0 Å². The summed E-state index contributed by atoms with van der Waals surface area (Å²) in [6.45, 7) is 7.36. The highest BCUT2D eigenvalue weighted by Crippen LogP contribution is 2.39. The SMILES string of the molecule is Cc1cc(N2CCn3nc(C(F)(F)F)cc3C2)cc(OC(F)(F)F)c1NC(=O)CC(C)(C)C. The number of anilines is 2. The van der Waals surface area contributed by atoms with Crippen LogP contribution in [0.5, 0.6) is 5.75 Å². The van der Waals surface area contributed by atoms with Crippen molar-refractivity contribution in [1.29, 1.82) is 0 Å². The third-order valence-corrected chi connectivity index (χ3v) is 4.92. The second-order valence-corrected chi connectivity index (χ2v) is 9.13. The average molecular weight is 478 g/mol. The van der Waals surface area contributed by atoms with Gasteiger partial charge in [0.1, 0.15) is 0 Å². The monoisotopic (exact) mass is 478 g/mol. The molecule has 0 bridgehead atoms. The van der Waals surface area contributed by atoms with Gasteiger partial charge >= 0.3 is 12.5 Å². The molecule has 0 saturated carbocycles. The van der Waals surface area contributed by atoms with E-state index in [4.69, 9.17) is 0 Å². The minimum Gasteiger partial charge on any atom is -0.403 e. The van der Waals surface area contributed by atoms with Gasteiger partial charge in [0.25, 0.3) is 0 Å². The molecule has 0 saturated heterocycles. The largest absolute Gasteiger partial charge is 0.573 e. The molecule has 33 heavy (non-hydrogen) atoms. The minimum absolute atomic E-state index is 0.0176. The lowest BCUT2D eigenvalue weighted by atomic mass is 9.92. The third kappa shape index (κ3) is 6.32. The Bertz CT molecular complexity index is 1040. The number of aromatic nitrogens is 2. The zero-order valence-corrected chi connectivity index (χ0v) is 18.5. The lowest BCUT2D eigenvalue weighted by molar-refractivity contribution is -0.274. The number of alkyl halides is 6. The Morgan fingerprint density at radius 1 is 1.09 bits per heavy atom. The highest BCUT2D eigenvalue weighted by atomic mass is 19.4. The molecule has 0 aliphatic carbocycles. The number of halogens is 6.